The summed E-state index contributed by atoms with van der Waals surface area (Å²) in [5.41, 5.74) is 3.95. The number of rotatable bonds is 9. The Morgan fingerprint density at radius 2 is 1.77 bits per heavy atom. The average molecular weight is 606 g/mol. The van der Waals surface area contributed by atoms with E-state index in [4.69, 9.17) is 11.6 Å². The number of carbonyl (C=O) groups excluding carboxylic acids is 2. The molecule has 2 heterocycles. The van der Waals surface area contributed by atoms with Crippen molar-refractivity contribution in [3.8, 4) is 11.1 Å². The number of aryl methyl sites for hydroxylation is 2. The molecule has 3 aromatic rings. The highest BCUT2D eigenvalue weighted by Gasteiger charge is 2.52. The van der Waals surface area contributed by atoms with Crippen LogP contribution in [0, 0.1) is 25.7 Å². The van der Waals surface area contributed by atoms with Crippen LogP contribution in [0.15, 0.2) is 65.6 Å². The van der Waals surface area contributed by atoms with Gasteiger partial charge in [0.25, 0.3) is 11.5 Å². The number of benzene rings is 1. The van der Waals surface area contributed by atoms with Crippen molar-refractivity contribution in [1.29, 1.82) is 0 Å². The molecule has 4 unspecified atom stereocenters. The zero-order chi connectivity index (χ0) is 31.1. The first-order valence-corrected chi connectivity index (χ1v) is 15.0. The van der Waals surface area contributed by atoms with Crippen molar-refractivity contribution in [3.05, 3.63) is 88.1 Å². The molecule has 1 aromatic carbocycles. The number of hydrogen-bond donors (Lipinski definition) is 3. The lowest BCUT2D eigenvalue weighted by atomic mass is 9.80. The highest BCUT2D eigenvalue weighted by Crippen LogP contribution is 2.41. The number of halogens is 2. The zero-order valence-corrected chi connectivity index (χ0v) is 25.7. The molecule has 3 N–H and O–H groups in total. The van der Waals surface area contributed by atoms with Crippen molar-refractivity contribution in [3.63, 3.8) is 0 Å². The molecule has 1 fully saturated rings. The second-order valence-corrected chi connectivity index (χ2v) is 12.4. The lowest BCUT2D eigenvalue weighted by Crippen LogP contribution is -2.53. The molecule has 0 spiro atoms. The Morgan fingerprint density at radius 3 is 2.37 bits per heavy atom. The average Bonchev–Trinajstić information content (AvgIpc) is 3.65. The van der Waals surface area contributed by atoms with Crippen LogP contribution in [0.5, 0.6) is 0 Å². The number of aromatic nitrogens is 3. The third-order valence-corrected chi connectivity index (χ3v) is 8.83. The summed E-state index contributed by atoms with van der Waals surface area (Å²) in [7, 11) is 0. The Balaban J connectivity index is 1.41. The smallest absolute Gasteiger partial charge is 0.258 e. The Bertz CT molecular complexity index is 1630. The first-order valence-electron chi connectivity index (χ1n) is 14.6. The maximum absolute atomic E-state index is 14.8. The highest BCUT2D eigenvalue weighted by atomic mass is 35.5. The van der Waals surface area contributed by atoms with Crippen LogP contribution in [-0.2, 0) is 9.59 Å². The van der Waals surface area contributed by atoms with Crippen molar-refractivity contribution in [1.82, 2.24) is 20.1 Å². The summed E-state index contributed by atoms with van der Waals surface area (Å²) in [6, 6.07) is 9.58. The minimum absolute atomic E-state index is 0.0170. The largest absolute Gasteiger partial charge is 0.341 e. The number of amides is 2. The molecule has 4 atom stereocenters. The normalized spacial score (nSPS) is 20.3. The summed E-state index contributed by atoms with van der Waals surface area (Å²) in [4.78, 5) is 38.9. The van der Waals surface area contributed by atoms with Gasteiger partial charge in [0.1, 0.15) is 6.04 Å². The maximum atomic E-state index is 14.8. The van der Waals surface area contributed by atoms with E-state index in [9.17, 15) is 18.8 Å². The number of aromatic amines is 1. The lowest BCUT2D eigenvalue weighted by Gasteiger charge is -2.33. The van der Waals surface area contributed by atoms with Gasteiger partial charge < -0.3 is 15.2 Å². The van der Waals surface area contributed by atoms with Crippen LogP contribution < -0.4 is 16.2 Å². The van der Waals surface area contributed by atoms with Crippen molar-refractivity contribution in [2.24, 2.45) is 11.8 Å². The molecule has 8 nitrogen and oxygen atoms in total. The van der Waals surface area contributed by atoms with Gasteiger partial charge in [-0.25, -0.2) is 4.39 Å². The van der Waals surface area contributed by atoms with Crippen LogP contribution in [-0.4, -0.2) is 43.7 Å². The van der Waals surface area contributed by atoms with Crippen LogP contribution in [0.2, 0.25) is 0 Å². The van der Waals surface area contributed by atoms with E-state index in [1.54, 1.807) is 22.8 Å². The molecule has 2 amide bonds. The number of allylic oxidation sites excluding steroid dienone is 4. The second-order valence-electron chi connectivity index (χ2n) is 11.9. The molecule has 226 valence electrons. The summed E-state index contributed by atoms with van der Waals surface area (Å²) >= 11 is 6.76. The summed E-state index contributed by atoms with van der Waals surface area (Å²) in [6.45, 7) is 9.58. The minimum Gasteiger partial charge on any atom is -0.341 e. The van der Waals surface area contributed by atoms with Gasteiger partial charge in [0.05, 0.1) is 11.1 Å². The molecule has 2 aromatic heterocycles. The predicted molar refractivity (Wildman–Crippen MR) is 168 cm³/mol. The van der Waals surface area contributed by atoms with Crippen molar-refractivity contribution in [2.45, 2.75) is 70.6 Å². The fraction of sp³-hybridized carbons (Fsp3) is 0.394. The Kier molecular flexibility index (Phi) is 8.47. The molecular weight excluding hydrogens is 569 g/mol. The summed E-state index contributed by atoms with van der Waals surface area (Å²) in [6.07, 6.45) is 7.78. The summed E-state index contributed by atoms with van der Waals surface area (Å²) in [5, 5.41) is 12.4. The monoisotopic (exact) mass is 605 g/mol. The fourth-order valence-corrected chi connectivity index (χ4v) is 5.95. The quantitative estimate of drug-likeness (QED) is 0.265. The van der Waals surface area contributed by atoms with Crippen LogP contribution >= 0.6 is 11.6 Å². The number of pyridine rings is 1. The van der Waals surface area contributed by atoms with E-state index in [1.165, 1.54) is 6.07 Å². The van der Waals surface area contributed by atoms with Gasteiger partial charge in [-0.05, 0) is 81.4 Å². The number of alkyl halides is 2. The second kappa shape index (κ2) is 12.0. The van der Waals surface area contributed by atoms with Gasteiger partial charge >= 0.3 is 0 Å². The van der Waals surface area contributed by atoms with Crippen LogP contribution in [0.1, 0.15) is 56.6 Å². The van der Waals surface area contributed by atoms with E-state index in [2.05, 4.69) is 20.8 Å². The number of carbonyl (C=O) groups is 2. The molecule has 0 aliphatic heterocycles. The van der Waals surface area contributed by atoms with Gasteiger partial charge in [-0.15, -0.1) is 11.6 Å². The van der Waals surface area contributed by atoms with Gasteiger partial charge in [-0.1, -0.05) is 37.3 Å². The van der Waals surface area contributed by atoms with E-state index >= 15 is 0 Å². The van der Waals surface area contributed by atoms with E-state index < -0.39 is 34.8 Å². The first-order chi connectivity index (χ1) is 20.4. The zero-order valence-electron chi connectivity index (χ0n) is 24.9. The number of nitrogens with zero attached hydrogens (tertiary/aromatic N) is 2. The van der Waals surface area contributed by atoms with Gasteiger partial charge in [0, 0.05) is 41.2 Å². The van der Waals surface area contributed by atoms with Crippen LogP contribution in [0.25, 0.3) is 16.7 Å². The van der Waals surface area contributed by atoms with E-state index in [1.807, 2.05) is 71.2 Å². The van der Waals surface area contributed by atoms with Crippen molar-refractivity contribution in [2.75, 3.05) is 5.32 Å². The molecule has 0 saturated heterocycles. The number of hydrogen-bond acceptors (Lipinski definition) is 4. The SMILES string of the molecule is Cc1n[nH]c(C)c1-c1ccc(NC(=O)C(NC(=O)C2(F)CC2)C(C)C2C=C(c3ccc(=O)n(C(C)C)c3)C=CC2Cl)cc1. The third kappa shape index (κ3) is 6.37. The van der Waals surface area contributed by atoms with E-state index in [-0.39, 0.29) is 30.4 Å². The van der Waals surface area contributed by atoms with Crippen molar-refractivity contribution < 1.29 is 14.0 Å². The molecule has 1 saturated carbocycles. The summed E-state index contributed by atoms with van der Waals surface area (Å²) in [5.74, 6) is -2.12. The maximum Gasteiger partial charge on any atom is 0.258 e. The molecule has 0 radical (unpaired) electrons. The number of anilines is 1. The minimum atomic E-state index is -1.95. The van der Waals surface area contributed by atoms with Gasteiger partial charge in [0.2, 0.25) is 5.91 Å². The topological polar surface area (TPSA) is 109 Å². The van der Waals surface area contributed by atoms with Gasteiger partial charge in [-0.3, -0.25) is 19.5 Å². The fourth-order valence-electron chi connectivity index (χ4n) is 5.57. The molecule has 5 rings (SSSR count). The Hall–Kier alpha value is -3.98. The molecule has 10 heteroatoms. The highest BCUT2D eigenvalue weighted by molar-refractivity contribution is 6.22. The third-order valence-electron chi connectivity index (χ3n) is 8.39. The van der Waals surface area contributed by atoms with Crippen molar-refractivity contribution >= 4 is 34.7 Å². The predicted octanol–water partition coefficient (Wildman–Crippen LogP) is 5.87. The molecule has 2 aliphatic carbocycles. The van der Waals surface area contributed by atoms with Gasteiger partial charge in [-0.2, -0.15) is 5.10 Å². The van der Waals surface area contributed by atoms with Crippen LogP contribution in [0.4, 0.5) is 10.1 Å². The number of H-pyrrole nitrogens is 1. The lowest BCUT2D eigenvalue weighted by molar-refractivity contribution is -0.132. The van der Waals surface area contributed by atoms with E-state index in [0.717, 1.165) is 33.7 Å². The number of nitrogens with one attached hydrogen (secondary N) is 3. The van der Waals surface area contributed by atoms with Gasteiger partial charge in [0.15, 0.2) is 5.67 Å². The standard InChI is InChI=1S/C33H37ClFN5O3/c1-18(2)40-17-24(9-13-28(40)41)23-8-12-27(34)26(16-23)19(3)30(37-32(43)33(35)14-15-33)31(42)36-25-10-6-22(7-11-25)29-20(4)38-39-21(29)5/h6-13,16-19,26-27,30H,14-15H2,1-5H3,(H,36,42)(H,37,43)(H,38,39). The molecular formula is C33H37ClFN5O3. The summed E-state index contributed by atoms with van der Waals surface area (Å²) < 4.78 is 16.4. The van der Waals surface area contributed by atoms with E-state index in [0.29, 0.717) is 5.69 Å². The Morgan fingerprint density at radius 1 is 1.09 bits per heavy atom. The first kappa shape index (κ1) is 30.5. The molecule has 0 bridgehead atoms. The Labute approximate surface area is 255 Å². The molecule has 43 heavy (non-hydrogen) atoms. The van der Waals surface area contributed by atoms with Crippen LogP contribution in [0.3, 0.4) is 0 Å². The molecule has 2 aliphatic rings.